The Labute approximate surface area is 129 Å². The van der Waals surface area contributed by atoms with Gasteiger partial charge in [0.05, 0.1) is 14.7 Å². The average molecular weight is 315 g/mol. The summed E-state index contributed by atoms with van der Waals surface area (Å²) < 4.78 is 28.4. The third kappa shape index (κ3) is 2.35. The molecule has 0 unspecified atom stereocenters. The van der Waals surface area contributed by atoms with Gasteiger partial charge in [0.25, 0.3) is 0 Å². The number of hydrogen-bond acceptors (Lipinski definition) is 2. The van der Waals surface area contributed by atoms with Gasteiger partial charge in [-0.2, -0.15) is 5.10 Å². The first-order valence-electron chi connectivity index (χ1n) is 7.04. The van der Waals surface area contributed by atoms with Crippen LogP contribution in [0.4, 0.5) is 8.78 Å². The molecular formula is C16H15F2N3Si. The summed E-state index contributed by atoms with van der Waals surface area (Å²) in [7, 11) is -0.753. The Balaban J connectivity index is 2.25. The Morgan fingerprint density at radius 3 is 1.77 bits per heavy atom. The minimum Gasteiger partial charge on any atom is -0.242 e. The summed E-state index contributed by atoms with van der Waals surface area (Å²) in [5, 5.41) is 3.79. The number of halogens is 2. The zero-order valence-electron chi connectivity index (χ0n) is 12.1. The van der Waals surface area contributed by atoms with Crippen molar-refractivity contribution in [2.45, 2.75) is 11.7 Å². The lowest BCUT2D eigenvalue weighted by Crippen LogP contribution is -2.41. The van der Waals surface area contributed by atoms with Crippen LogP contribution in [0.1, 0.15) is 11.1 Å². The number of rotatable bonds is 4. The summed E-state index contributed by atoms with van der Waals surface area (Å²) in [5.74, 6) is -0.568. The van der Waals surface area contributed by atoms with Crippen molar-refractivity contribution in [2.75, 3.05) is 0 Å². The average Bonchev–Trinajstić information content (AvgIpc) is 3.07. The van der Waals surface area contributed by atoms with Gasteiger partial charge in [-0.25, -0.2) is 18.4 Å². The van der Waals surface area contributed by atoms with Crippen LogP contribution >= 0.6 is 0 Å². The Hall–Kier alpha value is -2.34. The van der Waals surface area contributed by atoms with E-state index < -0.39 is 14.7 Å². The van der Waals surface area contributed by atoms with E-state index >= 15 is 0 Å². The van der Waals surface area contributed by atoms with Gasteiger partial charge >= 0.3 is 0 Å². The number of hydrogen-bond donors (Lipinski definition) is 0. The minimum absolute atomic E-state index is 0.284. The van der Waals surface area contributed by atoms with E-state index in [4.69, 9.17) is 0 Å². The predicted molar refractivity (Wildman–Crippen MR) is 83.4 cm³/mol. The van der Waals surface area contributed by atoms with Crippen molar-refractivity contribution in [1.82, 2.24) is 14.8 Å². The van der Waals surface area contributed by atoms with Crippen LogP contribution in [0.5, 0.6) is 0 Å². The molecule has 3 nitrogen and oxygen atoms in total. The van der Waals surface area contributed by atoms with Crippen LogP contribution < -0.4 is 0 Å². The molecule has 0 N–H and O–H groups in total. The van der Waals surface area contributed by atoms with Gasteiger partial charge in [-0.1, -0.05) is 30.8 Å². The van der Waals surface area contributed by atoms with Gasteiger partial charge < -0.3 is 0 Å². The second kappa shape index (κ2) is 5.80. The number of nitrogens with zero attached hydrogens (tertiary/aromatic N) is 3. The second-order valence-electron chi connectivity index (χ2n) is 5.07. The van der Waals surface area contributed by atoms with Crippen LogP contribution in [0.3, 0.4) is 0 Å². The second-order valence-corrected chi connectivity index (χ2v) is 6.80. The zero-order valence-corrected chi connectivity index (χ0v) is 13.5. The molecule has 112 valence electrons. The number of aromatic nitrogens is 3. The van der Waals surface area contributed by atoms with E-state index in [0.29, 0.717) is 0 Å². The first-order valence-corrected chi connectivity index (χ1v) is 9.16. The lowest BCUT2D eigenvalue weighted by molar-refractivity contribution is 0.521. The molecule has 0 atom stereocenters. The van der Waals surface area contributed by atoms with Gasteiger partial charge in [-0.3, -0.25) is 0 Å². The van der Waals surface area contributed by atoms with Crippen LogP contribution in [0.25, 0.3) is 0 Å². The van der Waals surface area contributed by atoms with Crippen molar-refractivity contribution < 1.29 is 8.78 Å². The van der Waals surface area contributed by atoms with Gasteiger partial charge in [0.15, 0.2) is 0 Å². The maximum absolute atomic E-state index is 13.3. The molecule has 0 aliphatic heterocycles. The summed E-state index contributed by atoms with van der Waals surface area (Å²) in [5.41, 5.74) is 1.86. The van der Waals surface area contributed by atoms with Gasteiger partial charge in [-0.05, 0) is 35.4 Å². The molecule has 3 rings (SSSR count). The normalized spacial score (nSPS) is 12.1. The van der Waals surface area contributed by atoms with Crippen LogP contribution in [0.15, 0.2) is 61.2 Å². The van der Waals surface area contributed by atoms with Crippen LogP contribution in [0.2, 0.25) is 6.55 Å². The van der Waals surface area contributed by atoms with Crippen molar-refractivity contribution in [2.24, 2.45) is 0 Å². The molecule has 3 aromatic rings. The highest BCUT2D eigenvalue weighted by atomic mass is 28.2. The lowest BCUT2D eigenvalue weighted by Gasteiger charge is -2.34. The fourth-order valence-electron chi connectivity index (χ4n) is 2.86. The Morgan fingerprint density at radius 2 is 1.41 bits per heavy atom. The highest BCUT2D eigenvalue weighted by Gasteiger charge is 2.35. The largest absolute Gasteiger partial charge is 0.242 e. The Kier molecular flexibility index (Phi) is 3.85. The Bertz CT molecular complexity index is 695. The fraction of sp³-hybridized carbons (Fsp3) is 0.125. The van der Waals surface area contributed by atoms with Gasteiger partial charge in [0, 0.05) is 0 Å². The molecule has 0 radical (unpaired) electrons. The first-order chi connectivity index (χ1) is 10.7. The smallest absolute Gasteiger partial charge is 0.137 e. The van der Waals surface area contributed by atoms with E-state index in [0.717, 1.165) is 11.1 Å². The van der Waals surface area contributed by atoms with Crippen molar-refractivity contribution >= 4 is 9.52 Å². The third-order valence-corrected chi connectivity index (χ3v) is 6.13. The standard InChI is InChI=1S/C16H15F2N3Si/c1-22-16(21-11-19-10-20-21,12-2-6-14(17)7-3-12)13-4-8-15(18)9-5-13/h2-11H,22H2,1H3. The monoisotopic (exact) mass is 315 g/mol. The quantitative estimate of drug-likeness (QED) is 0.693. The van der Waals surface area contributed by atoms with Gasteiger partial charge in [0.2, 0.25) is 0 Å². The molecule has 0 fully saturated rings. The summed E-state index contributed by atoms with van der Waals surface area (Å²) in [6.45, 7) is 2.15. The molecule has 0 aliphatic rings. The van der Waals surface area contributed by atoms with Crippen molar-refractivity contribution in [1.29, 1.82) is 0 Å². The first kappa shape index (κ1) is 14.6. The van der Waals surface area contributed by atoms with Gasteiger partial charge in [-0.15, -0.1) is 0 Å². The SMILES string of the molecule is C[SiH2]C(c1ccc(F)cc1)(c1ccc(F)cc1)n1cncn1. The molecule has 0 saturated heterocycles. The van der Waals surface area contributed by atoms with E-state index in [2.05, 4.69) is 16.6 Å². The van der Waals surface area contributed by atoms with E-state index in [-0.39, 0.29) is 11.6 Å². The highest BCUT2D eigenvalue weighted by Crippen LogP contribution is 2.32. The molecule has 1 aromatic heterocycles. The molecule has 1 heterocycles. The van der Waals surface area contributed by atoms with Crippen molar-refractivity contribution in [3.8, 4) is 0 Å². The topological polar surface area (TPSA) is 30.7 Å². The molecule has 6 heteroatoms. The minimum atomic E-state index is -0.753. The van der Waals surface area contributed by atoms with E-state index in [9.17, 15) is 8.78 Å². The summed E-state index contributed by atoms with van der Waals surface area (Å²) in [6, 6.07) is 12.8. The highest BCUT2D eigenvalue weighted by molar-refractivity contribution is 6.39. The molecule has 0 spiro atoms. The molecule has 0 saturated carbocycles. The van der Waals surface area contributed by atoms with Crippen LogP contribution in [-0.2, 0) is 5.16 Å². The molecule has 2 aromatic carbocycles. The van der Waals surface area contributed by atoms with E-state index in [1.165, 1.54) is 30.6 Å². The fourth-order valence-corrected chi connectivity index (χ4v) is 4.63. The zero-order chi connectivity index (χ0) is 15.6. The van der Waals surface area contributed by atoms with Crippen LogP contribution in [0, 0.1) is 11.6 Å². The summed E-state index contributed by atoms with van der Waals surface area (Å²) in [6.07, 6.45) is 3.13. The molecule has 0 amide bonds. The van der Waals surface area contributed by atoms with E-state index in [1.54, 1.807) is 35.3 Å². The summed E-state index contributed by atoms with van der Waals surface area (Å²) >= 11 is 0. The van der Waals surface area contributed by atoms with E-state index in [1.807, 2.05) is 0 Å². The van der Waals surface area contributed by atoms with Crippen LogP contribution in [-0.4, -0.2) is 24.3 Å². The molecular weight excluding hydrogens is 300 g/mol. The third-order valence-electron chi connectivity index (χ3n) is 3.97. The maximum atomic E-state index is 13.3. The Morgan fingerprint density at radius 1 is 0.909 bits per heavy atom. The lowest BCUT2D eigenvalue weighted by atomic mass is 9.97. The van der Waals surface area contributed by atoms with Crippen molar-refractivity contribution in [3.63, 3.8) is 0 Å². The molecule has 22 heavy (non-hydrogen) atoms. The van der Waals surface area contributed by atoms with Crippen molar-refractivity contribution in [3.05, 3.63) is 83.9 Å². The van der Waals surface area contributed by atoms with Gasteiger partial charge in [0.1, 0.15) is 24.3 Å². The molecule has 0 bridgehead atoms. The predicted octanol–water partition coefficient (Wildman–Crippen LogP) is 2.52. The maximum Gasteiger partial charge on any atom is 0.137 e. The summed E-state index contributed by atoms with van der Waals surface area (Å²) in [4.78, 5) is 4.05. The molecule has 0 aliphatic carbocycles. The number of benzene rings is 2.